The largest absolute Gasteiger partial charge is 0.272 e. The van der Waals surface area contributed by atoms with Crippen LogP contribution in [0.1, 0.15) is 19.3 Å². The van der Waals surface area contributed by atoms with Crippen molar-refractivity contribution in [2.24, 2.45) is 0 Å². The first-order chi connectivity index (χ1) is 4.77. The minimum absolute atomic E-state index is 0.250. The molecule has 0 saturated carbocycles. The third kappa shape index (κ3) is 7.47. The second-order valence-electron chi connectivity index (χ2n) is 1.72. The molecule has 0 spiro atoms. The lowest BCUT2D eigenvalue weighted by Gasteiger charge is -1.92. The van der Waals surface area contributed by atoms with Gasteiger partial charge in [0.15, 0.2) is 0 Å². The van der Waals surface area contributed by atoms with Gasteiger partial charge < -0.3 is 0 Å². The molecule has 0 amide bonds. The van der Waals surface area contributed by atoms with E-state index in [9.17, 15) is 8.42 Å². The highest BCUT2D eigenvalue weighted by atomic mass is 32.2. The van der Waals surface area contributed by atoms with Gasteiger partial charge in [0.2, 0.25) is 0 Å². The SMILES string of the molecule is C#CCCCCO[SH](=O)=O. The van der Waals surface area contributed by atoms with Gasteiger partial charge in [0.1, 0.15) is 0 Å². The van der Waals surface area contributed by atoms with Crippen LogP contribution in [-0.4, -0.2) is 15.0 Å². The molecule has 0 atom stereocenters. The van der Waals surface area contributed by atoms with Crippen LogP contribution in [0.15, 0.2) is 0 Å². The minimum atomic E-state index is -2.67. The van der Waals surface area contributed by atoms with Gasteiger partial charge in [0, 0.05) is 6.42 Å². The average Bonchev–Trinajstić information content (AvgIpc) is 1.87. The molecular formula is C6H10O3S. The van der Waals surface area contributed by atoms with Gasteiger partial charge in [-0.2, -0.15) is 0 Å². The summed E-state index contributed by atoms with van der Waals surface area (Å²) in [5, 5.41) is 0. The highest BCUT2D eigenvalue weighted by Gasteiger charge is 1.87. The first kappa shape index (κ1) is 9.47. The zero-order chi connectivity index (χ0) is 7.82. The Hall–Kier alpha value is -0.530. The highest BCUT2D eigenvalue weighted by Crippen LogP contribution is 1.93. The average molecular weight is 162 g/mol. The van der Waals surface area contributed by atoms with Crippen molar-refractivity contribution in [2.75, 3.05) is 6.61 Å². The summed E-state index contributed by atoms with van der Waals surface area (Å²) in [4.78, 5) is 0. The van der Waals surface area contributed by atoms with Crippen LogP contribution < -0.4 is 0 Å². The zero-order valence-electron chi connectivity index (χ0n) is 5.58. The number of hydrogen-bond donors (Lipinski definition) is 1. The molecule has 4 heteroatoms. The molecule has 0 saturated heterocycles. The highest BCUT2D eigenvalue weighted by molar-refractivity contribution is 7.67. The molecule has 0 N–H and O–H groups in total. The van der Waals surface area contributed by atoms with Crippen molar-refractivity contribution < 1.29 is 12.6 Å². The number of hydrogen-bond acceptors (Lipinski definition) is 3. The Labute approximate surface area is 62.5 Å². The predicted molar refractivity (Wildman–Crippen MR) is 39.0 cm³/mol. The second-order valence-corrected chi connectivity index (χ2v) is 2.42. The van der Waals surface area contributed by atoms with Gasteiger partial charge in [-0.05, 0) is 12.8 Å². The topological polar surface area (TPSA) is 43.4 Å². The van der Waals surface area contributed by atoms with E-state index in [0.717, 1.165) is 6.42 Å². The fourth-order valence-corrected chi connectivity index (χ4v) is 0.746. The lowest BCUT2D eigenvalue weighted by atomic mass is 10.2. The van der Waals surface area contributed by atoms with Crippen LogP contribution >= 0.6 is 0 Å². The maximum atomic E-state index is 9.81. The molecule has 0 aromatic carbocycles. The molecule has 0 aromatic heterocycles. The van der Waals surface area contributed by atoms with Gasteiger partial charge in [0.25, 0.3) is 11.0 Å². The molecule has 0 fully saturated rings. The van der Waals surface area contributed by atoms with Crippen molar-refractivity contribution >= 4 is 11.0 Å². The first-order valence-electron chi connectivity index (χ1n) is 2.98. The van der Waals surface area contributed by atoms with Crippen molar-refractivity contribution in [3.05, 3.63) is 0 Å². The van der Waals surface area contributed by atoms with Crippen molar-refractivity contribution in [1.82, 2.24) is 0 Å². The molecule has 0 aliphatic heterocycles. The van der Waals surface area contributed by atoms with Crippen LogP contribution in [0.5, 0.6) is 0 Å². The molecule has 0 aromatic rings. The second kappa shape index (κ2) is 6.59. The van der Waals surface area contributed by atoms with E-state index in [-0.39, 0.29) is 6.61 Å². The van der Waals surface area contributed by atoms with Gasteiger partial charge >= 0.3 is 0 Å². The number of rotatable bonds is 5. The van der Waals surface area contributed by atoms with Crippen LogP contribution in [0.4, 0.5) is 0 Å². The lowest BCUT2D eigenvalue weighted by molar-refractivity contribution is 0.323. The lowest BCUT2D eigenvalue weighted by Crippen LogP contribution is -1.91. The van der Waals surface area contributed by atoms with E-state index in [1.165, 1.54) is 0 Å². The summed E-state index contributed by atoms with van der Waals surface area (Å²) in [7, 11) is -2.67. The molecule has 0 radical (unpaired) electrons. The smallest absolute Gasteiger partial charge is 0.257 e. The summed E-state index contributed by atoms with van der Waals surface area (Å²) in [6.45, 7) is 0.250. The Balaban J connectivity index is 3.00. The van der Waals surface area contributed by atoms with E-state index in [1.54, 1.807) is 0 Å². The molecule has 0 unspecified atom stereocenters. The fraction of sp³-hybridized carbons (Fsp3) is 0.667. The summed E-state index contributed by atoms with van der Waals surface area (Å²) in [5.74, 6) is 2.45. The summed E-state index contributed by atoms with van der Waals surface area (Å²) in [6.07, 6.45) is 7.16. The Morgan fingerprint density at radius 1 is 1.40 bits per heavy atom. The standard InChI is InChI=1S/C6H10O3S/c1-2-3-4-5-6-9-10(7)8/h1,10H,3-6H2. The maximum Gasteiger partial charge on any atom is 0.257 e. The monoisotopic (exact) mass is 162 g/mol. The molecule has 0 bridgehead atoms. The van der Waals surface area contributed by atoms with Gasteiger partial charge in [0.05, 0.1) is 6.61 Å². The summed E-state index contributed by atoms with van der Waals surface area (Å²) < 4.78 is 23.9. The Kier molecular flexibility index (Phi) is 6.24. The molecule has 10 heavy (non-hydrogen) atoms. The Morgan fingerprint density at radius 3 is 2.60 bits per heavy atom. The quantitative estimate of drug-likeness (QED) is 0.360. The fourth-order valence-electron chi connectivity index (χ4n) is 0.468. The first-order valence-corrected chi connectivity index (χ1v) is 4.07. The van der Waals surface area contributed by atoms with Crippen molar-refractivity contribution in [1.29, 1.82) is 0 Å². The number of unbranched alkanes of at least 4 members (excludes halogenated alkanes) is 2. The molecule has 0 aliphatic carbocycles. The summed E-state index contributed by atoms with van der Waals surface area (Å²) >= 11 is 0. The normalized spacial score (nSPS) is 9.60. The Bertz CT molecular complexity index is 170. The van der Waals surface area contributed by atoms with E-state index in [4.69, 9.17) is 6.42 Å². The van der Waals surface area contributed by atoms with Gasteiger partial charge in [-0.3, -0.25) is 4.18 Å². The van der Waals surface area contributed by atoms with E-state index in [2.05, 4.69) is 10.1 Å². The molecule has 0 aliphatic rings. The Morgan fingerprint density at radius 2 is 2.10 bits per heavy atom. The van der Waals surface area contributed by atoms with Crippen molar-refractivity contribution in [2.45, 2.75) is 19.3 Å². The third-order valence-electron chi connectivity index (χ3n) is 0.912. The maximum absolute atomic E-state index is 9.81. The van der Waals surface area contributed by atoms with Crippen LogP contribution in [0.3, 0.4) is 0 Å². The molecule has 0 rings (SSSR count). The van der Waals surface area contributed by atoms with Gasteiger partial charge in [-0.15, -0.1) is 12.3 Å². The van der Waals surface area contributed by atoms with Gasteiger partial charge in [-0.1, -0.05) is 0 Å². The number of thiol groups is 1. The molecule has 3 nitrogen and oxygen atoms in total. The van der Waals surface area contributed by atoms with Crippen LogP contribution in [0.2, 0.25) is 0 Å². The molecular weight excluding hydrogens is 152 g/mol. The van der Waals surface area contributed by atoms with Crippen LogP contribution in [-0.2, 0) is 15.2 Å². The van der Waals surface area contributed by atoms with E-state index in [1.807, 2.05) is 0 Å². The zero-order valence-corrected chi connectivity index (χ0v) is 6.47. The molecule has 58 valence electrons. The van der Waals surface area contributed by atoms with Crippen LogP contribution in [0.25, 0.3) is 0 Å². The van der Waals surface area contributed by atoms with E-state index in [0.29, 0.717) is 12.8 Å². The summed E-state index contributed by atoms with van der Waals surface area (Å²) in [5.41, 5.74) is 0. The molecule has 0 heterocycles. The van der Waals surface area contributed by atoms with Crippen molar-refractivity contribution in [3.8, 4) is 12.3 Å². The van der Waals surface area contributed by atoms with E-state index < -0.39 is 11.0 Å². The summed E-state index contributed by atoms with van der Waals surface area (Å²) in [6, 6.07) is 0. The van der Waals surface area contributed by atoms with Crippen LogP contribution in [0, 0.1) is 12.3 Å². The predicted octanol–water partition coefficient (Wildman–Crippen LogP) is 0.333. The van der Waals surface area contributed by atoms with Crippen molar-refractivity contribution in [3.63, 3.8) is 0 Å². The van der Waals surface area contributed by atoms with Gasteiger partial charge in [-0.25, -0.2) is 8.42 Å². The third-order valence-corrected chi connectivity index (χ3v) is 1.31. The number of terminal acetylenes is 1. The van der Waals surface area contributed by atoms with E-state index >= 15 is 0 Å². The minimum Gasteiger partial charge on any atom is -0.272 e.